The third-order valence-electron chi connectivity index (χ3n) is 1.69. The molecule has 6 heteroatoms. The molecule has 0 spiro atoms. The van der Waals surface area contributed by atoms with Gasteiger partial charge in [0, 0.05) is 0 Å². The Hall–Kier alpha value is -0.750. The largest absolute Gasteiger partial charge is 0.467 e. The molecule has 0 aromatic heterocycles. The minimum absolute atomic E-state index is 0.191. The first-order valence-electron chi connectivity index (χ1n) is 3.65. The Kier molecular flexibility index (Phi) is 4.79. The van der Waals surface area contributed by atoms with Gasteiger partial charge in [-0.3, -0.25) is 4.79 Å². The van der Waals surface area contributed by atoms with E-state index < -0.39 is 17.4 Å². The standard InChI is InChI=1S/C7H14N2O3S/c1-12-6(11)7(9,5(8)10)3-4-13-2/h3-4,9H2,1-2H3,(H2,8,10)/t7-/m1/s1. The predicted molar refractivity (Wildman–Crippen MR) is 51.1 cm³/mol. The molecule has 4 N–H and O–H groups in total. The van der Waals surface area contributed by atoms with Gasteiger partial charge in [-0.1, -0.05) is 0 Å². The highest BCUT2D eigenvalue weighted by Gasteiger charge is 2.40. The molecule has 0 aromatic rings. The van der Waals surface area contributed by atoms with Crippen molar-refractivity contribution in [3.05, 3.63) is 0 Å². The van der Waals surface area contributed by atoms with E-state index in [9.17, 15) is 9.59 Å². The molecule has 0 unspecified atom stereocenters. The normalized spacial score (nSPS) is 14.7. The van der Waals surface area contributed by atoms with Gasteiger partial charge in [0.25, 0.3) is 0 Å². The summed E-state index contributed by atoms with van der Waals surface area (Å²) < 4.78 is 4.40. The average Bonchev–Trinajstić information content (AvgIpc) is 2.12. The van der Waals surface area contributed by atoms with E-state index in [4.69, 9.17) is 11.5 Å². The van der Waals surface area contributed by atoms with Crippen LogP contribution in [-0.4, -0.2) is 36.5 Å². The molecule has 76 valence electrons. The van der Waals surface area contributed by atoms with Crippen molar-refractivity contribution in [2.45, 2.75) is 12.0 Å². The van der Waals surface area contributed by atoms with Gasteiger partial charge in [-0.25, -0.2) is 4.79 Å². The SMILES string of the molecule is COC(=O)[C@@](N)(CCSC)C(N)=O. The Bertz CT molecular complexity index is 210. The lowest BCUT2D eigenvalue weighted by Crippen LogP contribution is -2.59. The number of amides is 1. The van der Waals surface area contributed by atoms with Crippen molar-refractivity contribution < 1.29 is 14.3 Å². The molecule has 0 saturated carbocycles. The first-order chi connectivity index (χ1) is 5.99. The Morgan fingerprint density at radius 2 is 2.08 bits per heavy atom. The highest BCUT2D eigenvalue weighted by atomic mass is 32.2. The molecule has 0 rings (SSSR count). The molecule has 1 amide bonds. The maximum absolute atomic E-state index is 11.1. The van der Waals surface area contributed by atoms with Crippen LogP contribution >= 0.6 is 11.8 Å². The molecule has 0 aromatic carbocycles. The maximum Gasteiger partial charge on any atom is 0.335 e. The number of primary amides is 1. The smallest absolute Gasteiger partial charge is 0.335 e. The van der Waals surface area contributed by atoms with E-state index in [-0.39, 0.29) is 6.42 Å². The summed E-state index contributed by atoms with van der Waals surface area (Å²) in [4.78, 5) is 22.0. The molecule has 0 saturated heterocycles. The van der Waals surface area contributed by atoms with Gasteiger partial charge >= 0.3 is 5.97 Å². The lowest BCUT2D eigenvalue weighted by atomic mass is 9.97. The number of hydrogen-bond acceptors (Lipinski definition) is 5. The Morgan fingerprint density at radius 3 is 2.38 bits per heavy atom. The second kappa shape index (κ2) is 5.08. The van der Waals surface area contributed by atoms with Crippen LogP contribution in [0.3, 0.4) is 0 Å². The minimum atomic E-state index is -1.68. The molecule has 0 aliphatic heterocycles. The van der Waals surface area contributed by atoms with Gasteiger partial charge in [0.15, 0.2) is 5.54 Å². The molecule has 0 heterocycles. The second-order valence-electron chi connectivity index (χ2n) is 2.57. The Balaban J connectivity index is 4.52. The lowest BCUT2D eigenvalue weighted by molar-refractivity contribution is -0.151. The van der Waals surface area contributed by atoms with Gasteiger partial charge in [-0.15, -0.1) is 0 Å². The zero-order chi connectivity index (χ0) is 10.5. The number of esters is 1. The van der Waals surface area contributed by atoms with Gasteiger partial charge in [0.05, 0.1) is 7.11 Å². The summed E-state index contributed by atoms with van der Waals surface area (Å²) in [7, 11) is 1.17. The van der Waals surface area contributed by atoms with Gasteiger partial charge < -0.3 is 16.2 Å². The number of ether oxygens (including phenoxy) is 1. The molecular formula is C7H14N2O3S. The van der Waals surface area contributed by atoms with Crippen LogP contribution in [-0.2, 0) is 14.3 Å². The monoisotopic (exact) mass is 206 g/mol. The van der Waals surface area contributed by atoms with Gasteiger partial charge in [-0.2, -0.15) is 11.8 Å². The van der Waals surface area contributed by atoms with E-state index in [1.807, 2.05) is 6.26 Å². The van der Waals surface area contributed by atoms with Crippen molar-refractivity contribution in [3.8, 4) is 0 Å². The maximum atomic E-state index is 11.1. The first kappa shape index (κ1) is 12.2. The summed E-state index contributed by atoms with van der Waals surface area (Å²) in [5.74, 6) is -1.06. The summed E-state index contributed by atoms with van der Waals surface area (Å²) in [5, 5.41) is 0. The van der Waals surface area contributed by atoms with Crippen molar-refractivity contribution in [1.82, 2.24) is 0 Å². The number of thioether (sulfide) groups is 1. The van der Waals surface area contributed by atoms with Gasteiger partial charge in [-0.05, 0) is 18.4 Å². The van der Waals surface area contributed by atoms with Crippen LogP contribution in [0.15, 0.2) is 0 Å². The van der Waals surface area contributed by atoms with E-state index in [0.29, 0.717) is 5.75 Å². The molecule has 0 aliphatic rings. The molecule has 13 heavy (non-hydrogen) atoms. The van der Waals surface area contributed by atoms with E-state index in [1.165, 1.54) is 18.9 Å². The summed E-state index contributed by atoms with van der Waals surface area (Å²) in [6, 6.07) is 0. The fourth-order valence-corrected chi connectivity index (χ4v) is 1.30. The van der Waals surface area contributed by atoms with E-state index >= 15 is 0 Å². The molecule has 1 atom stereocenters. The van der Waals surface area contributed by atoms with Crippen LogP contribution in [0.25, 0.3) is 0 Å². The summed E-state index contributed by atoms with van der Waals surface area (Å²) in [6.45, 7) is 0. The summed E-state index contributed by atoms with van der Waals surface area (Å²) in [6.07, 6.45) is 2.04. The second-order valence-corrected chi connectivity index (χ2v) is 3.56. The van der Waals surface area contributed by atoms with Crippen LogP contribution in [0, 0.1) is 0 Å². The highest BCUT2D eigenvalue weighted by Crippen LogP contribution is 2.11. The fraction of sp³-hybridized carbons (Fsp3) is 0.714. The topological polar surface area (TPSA) is 95.4 Å². The fourth-order valence-electron chi connectivity index (χ4n) is 0.771. The molecule has 0 fully saturated rings. The third kappa shape index (κ3) is 2.89. The third-order valence-corrected chi connectivity index (χ3v) is 2.30. The number of carbonyl (C=O) groups is 2. The van der Waals surface area contributed by atoms with Crippen molar-refractivity contribution in [2.75, 3.05) is 19.1 Å². The van der Waals surface area contributed by atoms with Gasteiger partial charge in [0.2, 0.25) is 5.91 Å². The molecule has 5 nitrogen and oxygen atoms in total. The van der Waals surface area contributed by atoms with Crippen molar-refractivity contribution in [1.29, 1.82) is 0 Å². The van der Waals surface area contributed by atoms with Crippen LogP contribution in [0.2, 0.25) is 0 Å². The zero-order valence-corrected chi connectivity index (χ0v) is 8.52. The average molecular weight is 206 g/mol. The van der Waals surface area contributed by atoms with Crippen LogP contribution in [0.5, 0.6) is 0 Å². The quantitative estimate of drug-likeness (QED) is 0.449. The van der Waals surface area contributed by atoms with Crippen molar-refractivity contribution >= 4 is 23.6 Å². The van der Waals surface area contributed by atoms with E-state index in [0.717, 1.165) is 0 Å². The molecule has 0 aliphatic carbocycles. The van der Waals surface area contributed by atoms with Crippen LogP contribution in [0.1, 0.15) is 6.42 Å². The molecule has 0 radical (unpaired) electrons. The lowest BCUT2D eigenvalue weighted by Gasteiger charge is -2.21. The number of nitrogens with two attached hydrogens (primary N) is 2. The highest BCUT2D eigenvalue weighted by molar-refractivity contribution is 7.98. The van der Waals surface area contributed by atoms with E-state index in [2.05, 4.69) is 4.74 Å². The first-order valence-corrected chi connectivity index (χ1v) is 5.04. The van der Waals surface area contributed by atoms with Crippen molar-refractivity contribution in [3.63, 3.8) is 0 Å². The van der Waals surface area contributed by atoms with Crippen LogP contribution in [0.4, 0.5) is 0 Å². The number of hydrogen-bond donors (Lipinski definition) is 2. The van der Waals surface area contributed by atoms with Gasteiger partial charge in [0.1, 0.15) is 0 Å². The Morgan fingerprint density at radius 1 is 1.54 bits per heavy atom. The summed E-state index contributed by atoms with van der Waals surface area (Å²) in [5.41, 5.74) is 8.85. The predicted octanol–water partition coefficient (Wildman–Crippen LogP) is -0.905. The molecule has 0 bridgehead atoms. The zero-order valence-electron chi connectivity index (χ0n) is 7.70. The van der Waals surface area contributed by atoms with E-state index in [1.54, 1.807) is 0 Å². The van der Waals surface area contributed by atoms with Crippen molar-refractivity contribution in [2.24, 2.45) is 11.5 Å². The minimum Gasteiger partial charge on any atom is -0.467 e. The molecular weight excluding hydrogens is 192 g/mol. The Labute approximate surface area is 81.2 Å². The number of rotatable bonds is 5. The van der Waals surface area contributed by atoms with Crippen LogP contribution < -0.4 is 11.5 Å². The summed E-state index contributed by atoms with van der Waals surface area (Å²) >= 11 is 1.48. The number of methoxy groups -OCH3 is 1. The number of carbonyl (C=O) groups excluding carboxylic acids is 2.